The number of thioether (sulfide) groups is 1. The van der Waals surface area contributed by atoms with Crippen molar-refractivity contribution in [2.24, 2.45) is 5.10 Å². The first-order valence-electron chi connectivity index (χ1n) is 7.47. The maximum atomic E-state index is 13.0. The van der Waals surface area contributed by atoms with Crippen LogP contribution in [0.15, 0.2) is 45.0 Å². The van der Waals surface area contributed by atoms with E-state index in [1.165, 1.54) is 6.21 Å². The largest absolute Gasteiger partial charge is 0.484 e. The highest BCUT2D eigenvalue weighted by molar-refractivity contribution is 7.98. The van der Waals surface area contributed by atoms with E-state index in [0.717, 1.165) is 16.4 Å². The molecule has 0 aliphatic heterocycles. The summed E-state index contributed by atoms with van der Waals surface area (Å²) in [4.78, 5) is 0. The highest BCUT2D eigenvalue weighted by Crippen LogP contribution is 2.32. The molecule has 1 aromatic carbocycles. The second-order valence-corrected chi connectivity index (χ2v) is 6.61. The van der Waals surface area contributed by atoms with Gasteiger partial charge in [-0.3, -0.25) is 0 Å². The molecule has 6 nitrogen and oxygen atoms in total. The molecule has 2 aromatic heterocycles. The molecule has 3 rings (SSSR count). The van der Waals surface area contributed by atoms with Crippen LogP contribution in [-0.2, 0) is 6.61 Å². The third kappa shape index (κ3) is 4.60. The molecule has 0 radical (unpaired) electrons. The Morgan fingerprint density at radius 3 is 2.85 bits per heavy atom. The van der Waals surface area contributed by atoms with E-state index in [0.29, 0.717) is 27.3 Å². The third-order valence-corrected chi connectivity index (χ3v) is 4.70. The number of nitrogens with zero attached hydrogens (tertiary/aromatic N) is 4. The molecule has 11 heteroatoms. The van der Waals surface area contributed by atoms with E-state index in [-0.39, 0.29) is 11.8 Å². The predicted octanol–water partition coefficient (Wildman–Crippen LogP) is 5.30. The normalized spacial score (nSPS) is 11.6. The lowest BCUT2D eigenvalue weighted by Crippen LogP contribution is -2.00. The summed E-state index contributed by atoms with van der Waals surface area (Å²) in [6.45, 7) is 0.110. The van der Waals surface area contributed by atoms with Crippen LogP contribution in [0.25, 0.3) is 0 Å². The van der Waals surface area contributed by atoms with Gasteiger partial charge in [0, 0.05) is 0 Å². The van der Waals surface area contributed by atoms with Gasteiger partial charge >= 0.3 is 0 Å². The van der Waals surface area contributed by atoms with Gasteiger partial charge in [0.05, 0.1) is 11.2 Å². The average Bonchev–Trinajstić information content (AvgIpc) is 3.27. The molecule has 3 aromatic rings. The van der Waals surface area contributed by atoms with Gasteiger partial charge in [0.1, 0.15) is 28.9 Å². The van der Waals surface area contributed by atoms with Crippen LogP contribution in [0.3, 0.4) is 0 Å². The Hall–Kier alpha value is -2.10. The van der Waals surface area contributed by atoms with Gasteiger partial charge in [-0.15, -0.1) is 10.2 Å². The van der Waals surface area contributed by atoms with E-state index in [9.17, 15) is 8.78 Å². The Bertz CT molecular complexity index is 962. The fourth-order valence-corrected chi connectivity index (χ4v) is 2.83. The van der Waals surface area contributed by atoms with Crippen molar-refractivity contribution in [2.75, 3.05) is 6.26 Å². The van der Waals surface area contributed by atoms with E-state index in [2.05, 4.69) is 15.3 Å². The second kappa shape index (κ2) is 8.73. The van der Waals surface area contributed by atoms with Gasteiger partial charge in [0.25, 0.3) is 6.43 Å². The molecule has 0 spiro atoms. The summed E-state index contributed by atoms with van der Waals surface area (Å²) in [5, 5.41) is 12.0. The van der Waals surface area contributed by atoms with Crippen LogP contribution < -0.4 is 4.74 Å². The Balaban J connectivity index is 1.70. The summed E-state index contributed by atoms with van der Waals surface area (Å²) in [6, 6.07) is 8.36. The summed E-state index contributed by atoms with van der Waals surface area (Å²) in [7, 11) is 0. The average molecular weight is 433 g/mol. The fraction of sp³-hybridized carbons (Fsp3) is 0.188. The smallest absolute Gasteiger partial charge is 0.299 e. The predicted molar refractivity (Wildman–Crippen MR) is 99.3 cm³/mol. The summed E-state index contributed by atoms with van der Waals surface area (Å²) in [6.07, 6.45) is 0.193. The number of halogens is 4. The topological polar surface area (TPSA) is 65.4 Å². The minimum Gasteiger partial charge on any atom is -0.484 e. The number of rotatable bonds is 7. The third-order valence-electron chi connectivity index (χ3n) is 3.28. The molecule has 0 bridgehead atoms. The monoisotopic (exact) mass is 432 g/mol. The highest BCUT2D eigenvalue weighted by Gasteiger charge is 2.19. The molecule has 0 N–H and O–H groups in total. The molecule has 0 atom stereocenters. The number of furan rings is 1. The minimum absolute atomic E-state index is 0.110. The second-order valence-electron chi connectivity index (χ2n) is 5.05. The number of ether oxygens (including phenoxy) is 1. The molecule has 0 aliphatic rings. The van der Waals surface area contributed by atoms with Crippen molar-refractivity contribution in [3.63, 3.8) is 0 Å². The van der Waals surface area contributed by atoms with Crippen molar-refractivity contribution in [1.29, 1.82) is 0 Å². The van der Waals surface area contributed by atoms with E-state index < -0.39 is 12.2 Å². The molecule has 27 heavy (non-hydrogen) atoms. The molecule has 2 heterocycles. The fourth-order valence-electron chi connectivity index (χ4n) is 2.05. The minimum atomic E-state index is -2.79. The number of benzene rings is 1. The first kappa shape index (κ1) is 19.7. The van der Waals surface area contributed by atoms with Gasteiger partial charge in [-0.05, 0) is 30.5 Å². The number of alkyl halides is 2. The van der Waals surface area contributed by atoms with Gasteiger partial charge in [0.15, 0.2) is 0 Å². The lowest BCUT2D eigenvalue weighted by molar-refractivity contribution is 0.135. The highest BCUT2D eigenvalue weighted by atomic mass is 35.5. The molecular weight excluding hydrogens is 421 g/mol. The number of hydrogen-bond acceptors (Lipinski definition) is 6. The van der Waals surface area contributed by atoms with Crippen LogP contribution in [0.5, 0.6) is 5.75 Å². The molecule has 0 amide bonds. The molecular formula is C16H12Cl2F2N4O2S. The maximum absolute atomic E-state index is 13.0. The van der Waals surface area contributed by atoms with Gasteiger partial charge < -0.3 is 9.15 Å². The van der Waals surface area contributed by atoms with Crippen LogP contribution in [0.2, 0.25) is 10.0 Å². The molecule has 0 unspecified atom stereocenters. The van der Waals surface area contributed by atoms with Crippen molar-refractivity contribution >= 4 is 41.2 Å². The van der Waals surface area contributed by atoms with E-state index in [4.69, 9.17) is 32.4 Å². The molecule has 0 fully saturated rings. The van der Waals surface area contributed by atoms with Crippen molar-refractivity contribution in [3.8, 4) is 5.75 Å². The Morgan fingerprint density at radius 2 is 2.11 bits per heavy atom. The van der Waals surface area contributed by atoms with Crippen molar-refractivity contribution < 1.29 is 17.9 Å². The van der Waals surface area contributed by atoms with E-state index in [1.807, 2.05) is 0 Å². The summed E-state index contributed by atoms with van der Waals surface area (Å²) >= 11 is 13.1. The lowest BCUT2D eigenvalue weighted by Gasteiger charge is -2.07. The molecule has 0 saturated heterocycles. The Morgan fingerprint density at radius 1 is 1.30 bits per heavy atom. The lowest BCUT2D eigenvalue weighted by atomic mass is 10.3. The van der Waals surface area contributed by atoms with Crippen molar-refractivity contribution in [2.45, 2.75) is 18.2 Å². The summed E-state index contributed by atoms with van der Waals surface area (Å²) in [5.74, 6) is 0.731. The van der Waals surface area contributed by atoms with Gasteiger partial charge in [0.2, 0.25) is 11.0 Å². The van der Waals surface area contributed by atoms with E-state index >= 15 is 0 Å². The van der Waals surface area contributed by atoms with Gasteiger partial charge in [-0.2, -0.15) is 9.78 Å². The summed E-state index contributed by atoms with van der Waals surface area (Å²) in [5.41, 5.74) is 0. The first-order chi connectivity index (χ1) is 13.0. The Kier molecular flexibility index (Phi) is 6.35. The van der Waals surface area contributed by atoms with E-state index in [1.54, 1.807) is 36.6 Å². The van der Waals surface area contributed by atoms with Gasteiger partial charge in [-0.1, -0.05) is 41.0 Å². The Labute approximate surface area is 167 Å². The van der Waals surface area contributed by atoms with Crippen LogP contribution >= 0.6 is 35.0 Å². The number of hydrogen-bond donors (Lipinski definition) is 0. The molecule has 142 valence electrons. The number of aromatic nitrogens is 3. The zero-order valence-corrected chi connectivity index (χ0v) is 16.1. The molecule has 0 saturated carbocycles. The van der Waals surface area contributed by atoms with Crippen LogP contribution in [0, 0.1) is 0 Å². The van der Waals surface area contributed by atoms with Crippen LogP contribution in [-0.4, -0.2) is 27.3 Å². The van der Waals surface area contributed by atoms with Crippen molar-refractivity contribution in [1.82, 2.24) is 14.9 Å². The maximum Gasteiger partial charge on any atom is 0.299 e. The van der Waals surface area contributed by atoms with Crippen molar-refractivity contribution in [3.05, 3.63) is 57.7 Å². The first-order valence-corrected chi connectivity index (χ1v) is 9.45. The standard InChI is InChI=1S/C16H12Cl2F2N4O2S/c1-27-16-23-22-15(14(19)20)24(16)21-7-9-5-6-10(26-9)8-25-12-4-2-3-11(17)13(12)18/h2-7,14H,8H2,1H3/b21-7+. The summed E-state index contributed by atoms with van der Waals surface area (Å²) < 4.78 is 38.0. The van der Waals surface area contributed by atoms with Crippen LogP contribution in [0.4, 0.5) is 8.78 Å². The SMILES string of the molecule is CSc1nnc(C(F)F)n1/N=C/c1ccc(COc2cccc(Cl)c2Cl)o1. The quantitative estimate of drug-likeness (QED) is 0.374. The molecule has 0 aliphatic carbocycles. The van der Waals surface area contributed by atoms with Gasteiger partial charge in [-0.25, -0.2) is 8.78 Å². The van der Waals surface area contributed by atoms with Crippen LogP contribution in [0.1, 0.15) is 23.8 Å². The zero-order valence-electron chi connectivity index (χ0n) is 13.8. The zero-order chi connectivity index (χ0) is 19.4.